The van der Waals surface area contributed by atoms with Gasteiger partial charge in [0.15, 0.2) is 5.96 Å². The smallest absolute Gasteiger partial charge is 0.193 e. The molecule has 0 bridgehead atoms. The molecule has 0 amide bonds. The molecule has 26 heavy (non-hydrogen) atoms. The van der Waals surface area contributed by atoms with E-state index in [0.717, 1.165) is 48.3 Å². The van der Waals surface area contributed by atoms with Crippen molar-refractivity contribution in [2.75, 3.05) is 33.3 Å². The van der Waals surface area contributed by atoms with E-state index in [4.69, 9.17) is 4.74 Å². The average molecular weight is 490 g/mol. The maximum atomic E-state index is 5.91. The summed E-state index contributed by atoms with van der Waals surface area (Å²) in [6.07, 6.45) is 4.89. The Morgan fingerprint density at radius 2 is 2.27 bits per heavy atom. The third kappa shape index (κ3) is 5.17. The van der Waals surface area contributed by atoms with Gasteiger partial charge in [-0.25, -0.2) is 4.98 Å². The minimum Gasteiger partial charge on any atom is -0.370 e. The van der Waals surface area contributed by atoms with Crippen molar-refractivity contribution in [1.29, 1.82) is 0 Å². The van der Waals surface area contributed by atoms with Crippen molar-refractivity contribution in [3.8, 4) is 0 Å². The van der Waals surface area contributed by atoms with Crippen molar-refractivity contribution in [3.05, 3.63) is 33.5 Å². The minimum atomic E-state index is 0. The van der Waals surface area contributed by atoms with Gasteiger partial charge in [-0.2, -0.15) is 5.10 Å². The lowest BCUT2D eigenvalue weighted by Crippen LogP contribution is -2.48. The fraction of sp³-hybridized carbons (Fsp3) is 0.588. The molecule has 1 aliphatic rings. The SMILES string of the molecule is CN=C(NCCc1sc(C)nc1C)N1CCOC(c2cnn(C)c2)C1.I. The molecule has 3 heterocycles. The van der Waals surface area contributed by atoms with Gasteiger partial charge in [-0.1, -0.05) is 0 Å². The summed E-state index contributed by atoms with van der Waals surface area (Å²) in [5.74, 6) is 0.927. The van der Waals surface area contributed by atoms with Gasteiger partial charge in [0.05, 0.1) is 30.1 Å². The lowest BCUT2D eigenvalue weighted by Gasteiger charge is -2.34. The number of hydrogen-bond acceptors (Lipinski definition) is 5. The van der Waals surface area contributed by atoms with Gasteiger partial charge in [-0.05, 0) is 13.8 Å². The molecule has 1 N–H and O–H groups in total. The van der Waals surface area contributed by atoms with Crippen LogP contribution in [0.1, 0.15) is 27.2 Å². The number of nitrogens with one attached hydrogen (secondary N) is 1. The van der Waals surface area contributed by atoms with Crippen LogP contribution in [0.15, 0.2) is 17.4 Å². The van der Waals surface area contributed by atoms with Gasteiger partial charge >= 0.3 is 0 Å². The highest BCUT2D eigenvalue weighted by molar-refractivity contribution is 14.0. The molecule has 0 aliphatic carbocycles. The van der Waals surface area contributed by atoms with Crippen molar-refractivity contribution in [1.82, 2.24) is 25.0 Å². The average Bonchev–Trinajstić information content (AvgIpc) is 3.17. The van der Waals surface area contributed by atoms with Crippen LogP contribution in [0.5, 0.6) is 0 Å². The topological polar surface area (TPSA) is 67.6 Å². The first-order chi connectivity index (χ1) is 12.1. The summed E-state index contributed by atoms with van der Waals surface area (Å²) in [4.78, 5) is 12.5. The van der Waals surface area contributed by atoms with Crippen LogP contribution in [-0.2, 0) is 18.2 Å². The summed E-state index contributed by atoms with van der Waals surface area (Å²) in [5.41, 5.74) is 2.25. The number of rotatable bonds is 4. The van der Waals surface area contributed by atoms with Crippen LogP contribution in [0.25, 0.3) is 0 Å². The second-order valence-electron chi connectivity index (χ2n) is 6.22. The largest absolute Gasteiger partial charge is 0.370 e. The van der Waals surface area contributed by atoms with E-state index in [1.54, 1.807) is 11.3 Å². The number of aliphatic imine (C=N–C) groups is 1. The van der Waals surface area contributed by atoms with E-state index in [0.29, 0.717) is 6.61 Å². The summed E-state index contributed by atoms with van der Waals surface area (Å²) >= 11 is 1.78. The molecule has 2 aromatic rings. The first-order valence-electron chi connectivity index (χ1n) is 8.55. The third-order valence-electron chi connectivity index (χ3n) is 4.31. The van der Waals surface area contributed by atoms with E-state index in [1.807, 2.05) is 31.2 Å². The number of halogens is 1. The van der Waals surface area contributed by atoms with E-state index >= 15 is 0 Å². The lowest BCUT2D eigenvalue weighted by atomic mass is 10.1. The zero-order valence-electron chi connectivity index (χ0n) is 15.7. The molecule has 1 unspecified atom stereocenters. The number of nitrogens with zero attached hydrogens (tertiary/aromatic N) is 5. The van der Waals surface area contributed by atoms with Gasteiger partial charge in [0.2, 0.25) is 0 Å². The molecule has 2 aromatic heterocycles. The highest BCUT2D eigenvalue weighted by Crippen LogP contribution is 2.21. The maximum absolute atomic E-state index is 5.91. The number of ether oxygens (including phenoxy) is 1. The Balaban J connectivity index is 0.00000243. The molecule has 1 fully saturated rings. The molecule has 0 radical (unpaired) electrons. The van der Waals surface area contributed by atoms with E-state index in [9.17, 15) is 0 Å². The standard InChI is InChI=1S/C17H26N6OS.HI/c1-12-16(25-13(2)21-12)5-6-19-17(18-3)23-7-8-24-15(11-23)14-9-20-22(4)10-14;/h9-10,15H,5-8,11H2,1-4H3,(H,18,19);1H. The number of hydrogen-bond donors (Lipinski definition) is 1. The third-order valence-corrected chi connectivity index (χ3v) is 5.44. The molecule has 0 saturated carbocycles. The van der Waals surface area contributed by atoms with E-state index in [2.05, 4.69) is 39.1 Å². The molecule has 0 spiro atoms. The summed E-state index contributed by atoms with van der Waals surface area (Å²) in [7, 11) is 3.76. The maximum Gasteiger partial charge on any atom is 0.193 e. The van der Waals surface area contributed by atoms with Crippen LogP contribution >= 0.6 is 35.3 Å². The van der Waals surface area contributed by atoms with Gasteiger partial charge in [0, 0.05) is 50.2 Å². The lowest BCUT2D eigenvalue weighted by molar-refractivity contribution is -0.00800. The van der Waals surface area contributed by atoms with Crippen LogP contribution in [0, 0.1) is 13.8 Å². The summed E-state index contributed by atoms with van der Waals surface area (Å²) in [6.45, 7) is 7.30. The molecule has 1 atom stereocenters. The Hall–Kier alpha value is -1.20. The van der Waals surface area contributed by atoms with Crippen LogP contribution in [-0.4, -0.2) is 58.9 Å². The molecular weight excluding hydrogens is 463 g/mol. The van der Waals surface area contributed by atoms with Crippen molar-refractivity contribution >= 4 is 41.3 Å². The molecule has 1 saturated heterocycles. The predicted octanol–water partition coefficient (Wildman–Crippen LogP) is 2.30. The normalized spacial score (nSPS) is 17.9. The van der Waals surface area contributed by atoms with Gasteiger partial charge in [0.25, 0.3) is 0 Å². The molecular formula is C17H27IN6OS. The van der Waals surface area contributed by atoms with Crippen LogP contribution in [0.4, 0.5) is 0 Å². The van der Waals surface area contributed by atoms with Crippen molar-refractivity contribution in [2.45, 2.75) is 26.4 Å². The summed E-state index contributed by atoms with van der Waals surface area (Å²) < 4.78 is 7.72. The fourth-order valence-corrected chi connectivity index (χ4v) is 4.01. The molecule has 0 aromatic carbocycles. The van der Waals surface area contributed by atoms with Crippen molar-refractivity contribution in [3.63, 3.8) is 0 Å². The fourth-order valence-electron chi connectivity index (χ4n) is 3.08. The van der Waals surface area contributed by atoms with Crippen molar-refractivity contribution < 1.29 is 4.74 Å². The zero-order chi connectivity index (χ0) is 17.8. The number of aromatic nitrogens is 3. The Kier molecular flexibility index (Phi) is 7.84. The quantitative estimate of drug-likeness (QED) is 0.405. The Bertz CT molecular complexity index is 743. The first-order valence-corrected chi connectivity index (χ1v) is 9.37. The Morgan fingerprint density at radius 1 is 1.46 bits per heavy atom. The van der Waals surface area contributed by atoms with Crippen LogP contribution in [0.2, 0.25) is 0 Å². The Morgan fingerprint density at radius 3 is 2.88 bits per heavy atom. The predicted molar refractivity (Wildman–Crippen MR) is 116 cm³/mol. The van der Waals surface area contributed by atoms with Crippen molar-refractivity contribution in [2.24, 2.45) is 12.0 Å². The van der Waals surface area contributed by atoms with Gasteiger partial charge in [-0.15, -0.1) is 35.3 Å². The molecule has 9 heteroatoms. The molecule has 144 valence electrons. The van der Waals surface area contributed by atoms with E-state index in [1.165, 1.54) is 4.88 Å². The second-order valence-corrected chi connectivity index (χ2v) is 7.51. The van der Waals surface area contributed by atoms with Crippen LogP contribution in [0.3, 0.4) is 0 Å². The van der Waals surface area contributed by atoms with E-state index in [-0.39, 0.29) is 30.1 Å². The van der Waals surface area contributed by atoms with Gasteiger partial charge in [-0.3, -0.25) is 9.67 Å². The summed E-state index contributed by atoms with van der Waals surface area (Å²) in [5, 5.41) is 8.85. The number of guanidine groups is 1. The number of thiazole rings is 1. The minimum absolute atomic E-state index is 0. The van der Waals surface area contributed by atoms with Crippen LogP contribution < -0.4 is 5.32 Å². The zero-order valence-corrected chi connectivity index (χ0v) is 18.9. The summed E-state index contributed by atoms with van der Waals surface area (Å²) in [6, 6.07) is 0. The highest BCUT2D eigenvalue weighted by Gasteiger charge is 2.25. The highest BCUT2D eigenvalue weighted by atomic mass is 127. The Labute approximate surface area is 175 Å². The van der Waals surface area contributed by atoms with E-state index < -0.39 is 0 Å². The molecule has 3 rings (SSSR count). The monoisotopic (exact) mass is 490 g/mol. The number of morpholine rings is 1. The molecule has 1 aliphatic heterocycles. The first kappa shape index (κ1) is 21.1. The van der Waals surface area contributed by atoms with Gasteiger partial charge in [0.1, 0.15) is 6.10 Å². The number of aryl methyl sites for hydroxylation is 3. The second kappa shape index (κ2) is 9.65. The molecule has 7 nitrogen and oxygen atoms in total. The van der Waals surface area contributed by atoms with Gasteiger partial charge < -0.3 is 15.0 Å².